The molecule has 2 aliphatic rings. The van der Waals surface area contributed by atoms with E-state index in [1.54, 1.807) is 18.2 Å². The quantitative estimate of drug-likeness (QED) is 0.402. The maximum atomic E-state index is 15.5. The lowest BCUT2D eigenvalue weighted by molar-refractivity contribution is -0.124. The molecule has 0 bridgehead atoms. The highest BCUT2D eigenvalue weighted by atomic mass is 35.5. The second-order valence-electron chi connectivity index (χ2n) is 11.7. The van der Waals surface area contributed by atoms with Crippen LogP contribution in [-0.4, -0.2) is 41.2 Å². The molecule has 0 spiro atoms. The Hall–Kier alpha value is -2.55. The van der Waals surface area contributed by atoms with Gasteiger partial charge in [0.2, 0.25) is 11.8 Å². The van der Waals surface area contributed by atoms with Gasteiger partial charge >= 0.3 is 0 Å². The summed E-state index contributed by atoms with van der Waals surface area (Å²) >= 11 is 6.14. The Labute approximate surface area is 227 Å². The van der Waals surface area contributed by atoms with Crippen LogP contribution >= 0.6 is 11.6 Å². The molecule has 2 aromatic rings. The number of carbonyl (C=O) groups excluding carboxylic acids is 2. The van der Waals surface area contributed by atoms with E-state index >= 15 is 4.39 Å². The molecular weight excluding hydrogens is 512 g/mol. The molecule has 2 fully saturated rings. The number of amides is 2. The normalized spacial score (nSPS) is 27.7. The van der Waals surface area contributed by atoms with Gasteiger partial charge in [-0.15, -0.1) is 0 Å². The fourth-order valence-corrected chi connectivity index (χ4v) is 5.96. The predicted octanol–water partition coefficient (Wildman–Crippen LogP) is 5.15. The van der Waals surface area contributed by atoms with E-state index in [4.69, 9.17) is 11.6 Å². The number of halogens is 3. The monoisotopic (exact) mass is 547 g/mol. The van der Waals surface area contributed by atoms with Crippen LogP contribution in [0.15, 0.2) is 42.5 Å². The number of rotatable bonds is 6. The van der Waals surface area contributed by atoms with Gasteiger partial charge in [0.05, 0.1) is 23.1 Å². The highest BCUT2D eigenvalue weighted by Gasteiger charge is 2.52. The summed E-state index contributed by atoms with van der Waals surface area (Å²) in [5.41, 5.74) is 0.251. The Bertz CT molecular complexity index is 1160. The number of hydrogen-bond donors (Lipinski definition) is 4. The van der Waals surface area contributed by atoms with Crippen molar-refractivity contribution < 1.29 is 23.5 Å². The summed E-state index contributed by atoms with van der Waals surface area (Å²) in [7, 11) is 0. The van der Waals surface area contributed by atoms with Crippen molar-refractivity contribution in [1.82, 2.24) is 10.6 Å². The molecule has 38 heavy (non-hydrogen) atoms. The zero-order chi connectivity index (χ0) is 27.6. The van der Waals surface area contributed by atoms with Crippen molar-refractivity contribution in [3.05, 3.63) is 64.7 Å². The number of aliphatic hydroxyl groups is 1. The summed E-state index contributed by atoms with van der Waals surface area (Å²) in [6, 6.07) is 8.71. The summed E-state index contributed by atoms with van der Waals surface area (Å²) in [6.07, 6.45) is 2.65. The fourth-order valence-electron chi connectivity index (χ4n) is 5.78. The molecule has 0 radical (unpaired) electrons. The summed E-state index contributed by atoms with van der Waals surface area (Å²) < 4.78 is 29.3. The van der Waals surface area contributed by atoms with Gasteiger partial charge in [-0.25, -0.2) is 8.78 Å². The molecule has 206 valence electrons. The fraction of sp³-hybridized carbons (Fsp3) is 0.517. The zero-order valence-electron chi connectivity index (χ0n) is 21.9. The van der Waals surface area contributed by atoms with Gasteiger partial charge in [-0.05, 0) is 67.3 Å². The van der Waals surface area contributed by atoms with E-state index in [1.165, 1.54) is 24.3 Å². The molecule has 2 amide bonds. The lowest BCUT2D eigenvalue weighted by Gasteiger charge is -2.30. The molecule has 4 N–H and O–H groups in total. The smallest absolute Gasteiger partial charge is 0.238 e. The second kappa shape index (κ2) is 11.7. The molecule has 6 nitrogen and oxygen atoms in total. The first-order valence-corrected chi connectivity index (χ1v) is 13.6. The van der Waals surface area contributed by atoms with Crippen molar-refractivity contribution in [2.45, 2.75) is 83.0 Å². The maximum Gasteiger partial charge on any atom is 0.238 e. The molecule has 1 saturated heterocycles. The molecule has 0 aromatic heterocycles. The average molecular weight is 548 g/mol. The molecule has 1 aliphatic carbocycles. The van der Waals surface area contributed by atoms with Crippen LogP contribution in [0, 0.1) is 23.0 Å². The zero-order valence-corrected chi connectivity index (χ0v) is 22.7. The standard InChI is InChI=1S/C29H36ClF2N3O3/c1-29(2,3)15-22-24(27(37)34-18-7-4-6-16(31)14-18)23(20-8-5-9-21(30)25(20)32)26(35-22)28(38)33-17-10-12-19(36)13-11-17/h4-9,14,17,19,22-24,26,35-36H,10-13,15H2,1-3H3,(H,33,38)(H,34,37). The molecule has 1 saturated carbocycles. The van der Waals surface area contributed by atoms with E-state index in [9.17, 15) is 19.1 Å². The van der Waals surface area contributed by atoms with Gasteiger partial charge in [0, 0.05) is 23.7 Å². The van der Waals surface area contributed by atoms with Gasteiger partial charge in [-0.2, -0.15) is 0 Å². The van der Waals surface area contributed by atoms with Crippen LogP contribution in [-0.2, 0) is 9.59 Å². The SMILES string of the molecule is CC(C)(C)CC1NC(C(=O)NC2CCC(O)CC2)C(c2cccc(Cl)c2F)C1C(=O)Nc1cccc(F)c1. The molecule has 4 atom stereocenters. The molecule has 2 aromatic carbocycles. The van der Waals surface area contributed by atoms with Crippen LogP contribution in [0.3, 0.4) is 0 Å². The number of anilines is 1. The Balaban J connectivity index is 1.72. The number of aliphatic hydroxyl groups excluding tert-OH is 1. The Kier molecular flexibility index (Phi) is 8.75. The van der Waals surface area contributed by atoms with Crippen molar-refractivity contribution in [2.75, 3.05) is 5.32 Å². The van der Waals surface area contributed by atoms with Crippen LogP contribution in [0.25, 0.3) is 0 Å². The molecule has 1 heterocycles. The van der Waals surface area contributed by atoms with Crippen molar-refractivity contribution in [3.63, 3.8) is 0 Å². The summed E-state index contributed by atoms with van der Waals surface area (Å²) in [4.78, 5) is 27.5. The van der Waals surface area contributed by atoms with Gasteiger partial charge in [-0.1, -0.05) is 50.6 Å². The van der Waals surface area contributed by atoms with E-state index in [0.717, 1.165) is 0 Å². The molecule has 9 heteroatoms. The number of carbonyl (C=O) groups is 2. The van der Waals surface area contributed by atoms with E-state index < -0.39 is 41.5 Å². The third-order valence-electron chi connectivity index (χ3n) is 7.47. The third-order valence-corrected chi connectivity index (χ3v) is 7.76. The average Bonchev–Trinajstić information content (AvgIpc) is 3.20. The second-order valence-corrected chi connectivity index (χ2v) is 12.1. The van der Waals surface area contributed by atoms with E-state index in [0.29, 0.717) is 32.1 Å². The molecular formula is C29H36ClF2N3O3. The van der Waals surface area contributed by atoms with Crippen molar-refractivity contribution in [2.24, 2.45) is 11.3 Å². The van der Waals surface area contributed by atoms with Crippen molar-refractivity contribution in [3.8, 4) is 0 Å². The first kappa shape index (κ1) is 28.5. The van der Waals surface area contributed by atoms with E-state index in [-0.39, 0.29) is 39.7 Å². The topological polar surface area (TPSA) is 90.5 Å². The summed E-state index contributed by atoms with van der Waals surface area (Å²) in [5.74, 6) is -3.61. The van der Waals surface area contributed by atoms with Crippen LogP contribution < -0.4 is 16.0 Å². The third kappa shape index (κ3) is 6.71. The highest BCUT2D eigenvalue weighted by Crippen LogP contribution is 2.43. The number of nitrogens with one attached hydrogen (secondary N) is 3. The van der Waals surface area contributed by atoms with Gasteiger partial charge in [0.15, 0.2) is 0 Å². The Morgan fingerprint density at radius 1 is 1.05 bits per heavy atom. The van der Waals surface area contributed by atoms with Crippen LogP contribution in [0.1, 0.15) is 64.4 Å². The van der Waals surface area contributed by atoms with Crippen molar-refractivity contribution >= 4 is 29.1 Å². The lowest BCUT2D eigenvalue weighted by Crippen LogP contribution is -2.49. The first-order valence-electron chi connectivity index (χ1n) is 13.2. The number of benzene rings is 2. The van der Waals surface area contributed by atoms with Gasteiger partial charge in [0.1, 0.15) is 11.6 Å². The lowest BCUT2D eigenvalue weighted by atomic mass is 9.76. The predicted molar refractivity (Wildman–Crippen MR) is 144 cm³/mol. The minimum atomic E-state index is -0.898. The maximum absolute atomic E-state index is 15.5. The largest absolute Gasteiger partial charge is 0.393 e. The number of hydrogen-bond acceptors (Lipinski definition) is 4. The van der Waals surface area contributed by atoms with E-state index in [1.807, 2.05) is 20.8 Å². The Morgan fingerprint density at radius 3 is 2.39 bits per heavy atom. The van der Waals surface area contributed by atoms with Gasteiger partial charge < -0.3 is 21.1 Å². The van der Waals surface area contributed by atoms with E-state index in [2.05, 4.69) is 16.0 Å². The molecule has 1 aliphatic heterocycles. The minimum absolute atomic E-state index is 0.0912. The Morgan fingerprint density at radius 2 is 1.74 bits per heavy atom. The molecule has 4 rings (SSSR count). The van der Waals surface area contributed by atoms with Crippen LogP contribution in [0.4, 0.5) is 14.5 Å². The van der Waals surface area contributed by atoms with Gasteiger partial charge in [0.25, 0.3) is 0 Å². The van der Waals surface area contributed by atoms with Crippen LogP contribution in [0.2, 0.25) is 5.02 Å². The minimum Gasteiger partial charge on any atom is -0.393 e. The van der Waals surface area contributed by atoms with Gasteiger partial charge in [-0.3, -0.25) is 9.59 Å². The van der Waals surface area contributed by atoms with Crippen molar-refractivity contribution in [1.29, 1.82) is 0 Å². The molecule has 4 unspecified atom stereocenters. The highest BCUT2D eigenvalue weighted by molar-refractivity contribution is 6.30. The summed E-state index contributed by atoms with van der Waals surface area (Å²) in [6.45, 7) is 6.10. The van der Waals surface area contributed by atoms with Crippen LogP contribution in [0.5, 0.6) is 0 Å². The summed E-state index contributed by atoms with van der Waals surface area (Å²) in [5, 5.41) is 19.0. The first-order chi connectivity index (χ1) is 17.9.